The normalized spacial score (nSPS) is 12.5. The lowest BCUT2D eigenvalue weighted by Crippen LogP contribution is -2.03. The molecule has 0 spiro atoms. The zero-order valence-corrected chi connectivity index (χ0v) is 30.4. The van der Waals surface area contributed by atoms with Crippen LogP contribution in [0.15, 0.2) is 175 Å². The third kappa shape index (κ3) is 4.93. The Labute approximate surface area is 318 Å². The maximum absolute atomic E-state index is 5.45. The first-order chi connectivity index (χ1) is 26.8. The van der Waals surface area contributed by atoms with Gasteiger partial charge in [0.05, 0.1) is 0 Å². The fourth-order valence-corrected chi connectivity index (χ4v) is 10.2. The Bertz CT molecular complexity index is 3170. The summed E-state index contributed by atoms with van der Waals surface area (Å²) in [6, 6.07) is 51.7. The van der Waals surface area contributed by atoms with Gasteiger partial charge in [0, 0.05) is 57.0 Å². The number of benzene rings is 7. The van der Waals surface area contributed by atoms with Crippen LogP contribution in [-0.4, -0.2) is 15.0 Å². The molecule has 0 aliphatic heterocycles. The van der Waals surface area contributed by atoms with E-state index in [1.807, 2.05) is 12.2 Å². The molecule has 0 N–H and O–H groups in total. The highest BCUT2D eigenvalue weighted by atomic mass is 32.1. The Kier molecular flexibility index (Phi) is 7.12. The van der Waals surface area contributed by atoms with Gasteiger partial charge in [0.2, 0.25) is 0 Å². The van der Waals surface area contributed by atoms with Crippen molar-refractivity contribution < 1.29 is 0 Å². The van der Waals surface area contributed by atoms with E-state index in [0.717, 1.165) is 49.7 Å². The van der Waals surface area contributed by atoms with E-state index < -0.39 is 0 Å². The number of hydrogen-bond donors (Lipinski definition) is 0. The van der Waals surface area contributed by atoms with Crippen molar-refractivity contribution in [1.29, 1.82) is 0 Å². The predicted octanol–water partition coefficient (Wildman–Crippen LogP) is 13.7. The van der Waals surface area contributed by atoms with Crippen LogP contribution in [-0.2, 0) is 0 Å². The van der Waals surface area contributed by atoms with Gasteiger partial charge < -0.3 is 0 Å². The van der Waals surface area contributed by atoms with Crippen LogP contribution in [0.1, 0.15) is 5.56 Å². The van der Waals surface area contributed by atoms with Gasteiger partial charge >= 0.3 is 0 Å². The second-order valence-corrected chi connectivity index (χ2v) is 15.5. The number of hydrogen-bond acceptors (Lipinski definition) is 5. The van der Waals surface area contributed by atoms with Gasteiger partial charge in [-0.3, -0.25) is 0 Å². The second kappa shape index (κ2) is 12.5. The maximum atomic E-state index is 5.45. The summed E-state index contributed by atoms with van der Waals surface area (Å²) in [6.45, 7) is 0. The Morgan fingerprint density at radius 3 is 1.56 bits per heavy atom. The summed E-state index contributed by atoms with van der Waals surface area (Å²) in [7, 11) is 0. The van der Waals surface area contributed by atoms with Crippen molar-refractivity contribution in [1.82, 2.24) is 15.0 Å². The number of nitrogens with zero attached hydrogens (tertiary/aromatic N) is 3. The summed E-state index contributed by atoms with van der Waals surface area (Å²) in [5.41, 5.74) is 13.6. The van der Waals surface area contributed by atoms with E-state index in [-0.39, 0.29) is 0 Å². The molecule has 0 fully saturated rings. The topological polar surface area (TPSA) is 38.7 Å². The molecule has 0 saturated carbocycles. The van der Waals surface area contributed by atoms with Crippen LogP contribution in [0.3, 0.4) is 0 Å². The van der Waals surface area contributed by atoms with Crippen molar-refractivity contribution in [2.24, 2.45) is 0 Å². The van der Waals surface area contributed by atoms with E-state index in [2.05, 4.69) is 163 Å². The van der Waals surface area contributed by atoms with Crippen LogP contribution in [0, 0.1) is 0 Å². The Morgan fingerprint density at radius 1 is 0.407 bits per heavy atom. The molecule has 11 rings (SSSR count). The van der Waals surface area contributed by atoms with Crippen LogP contribution in [0.2, 0.25) is 0 Å². The van der Waals surface area contributed by atoms with E-state index in [0.29, 0.717) is 17.5 Å². The number of allylic oxidation sites excluding steroid dienone is 4. The van der Waals surface area contributed by atoms with Crippen LogP contribution in [0.25, 0.3) is 102 Å². The highest BCUT2D eigenvalue weighted by Crippen LogP contribution is 2.45. The molecule has 10 aromatic rings. The van der Waals surface area contributed by atoms with Crippen molar-refractivity contribution in [3.8, 4) is 45.3 Å². The predicted molar refractivity (Wildman–Crippen MR) is 229 cm³/mol. The van der Waals surface area contributed by atoms with E-state index in [9.17, 15) is 0 Å². The van der Waals surface area contributed by atoms with Crippen LogP contribution < -0.4 is 0 Å². The van der Waals surface area contributed by atoms with Gasteiger partial charge in [0.1, 0.15) is 0 Å². The first kappa shape index (κ1) is 30.9. The molecule has 3 heterocycles. The summed E-state index contributed by atoms with van der Waals surface area (Å²) in [4.78, 5) is 16.3. The quantitative estimate of drug-likeness (QED) is 0.166. The van der Waals surface area contributed by atoms with Gasteiger partial charge in [0.25, 0.3) is 0 Å². The summed E-state index contributed by atoms with van der Waals surface area (Å²) >= 11 is 3.58. The number of fused-ring (bicyclic) bond motifs is 7. The van der Waals surface area contributed by atoms with Crippen LogP contribution >= 0.6 is 22.7 Å². The molecule has 3 nitrogen and oxygen atoms in total. The van der Waals surface area contributed by atoms with Gasteiger partial charge in [-0.1, -0.05) is 127 Å². The van der Waals surface area contributed by atoms with Crippen molar-refractivity contribution in [2.75, 3.05) is 0 Å². The number of thiophene rings is 2. The van der Waals surface area contributed by atoms with Crippen molar-refractivity contribution in [3.05, 3.63) is 181 Å². The molecular formula is C49H27N3S2. The van der Waals surface area contributed by atoms with Crippen molar-refractivity contribution in [3.63, 3.8) is 0 Å². The summed E-state index contributed by atoms with van der Waals surface area (Å²) < 4.78 is 4.82. The molecule has 54 heavy (non-hydrogen) atoms. The second-order valence-electron chi connectivity index (χ2n) is 13.3. The SMILES string of the molecule is C1=C=CC(c2cc(-c3ccccc3)c3ccccc3c2-c2nc(-c3cccc4c3sc3ccccc34)nc(-c3cccc4c3sc3ccccc34)n2)=CC=1. The lowest BCUT2D eigenvalue weighted by atomic mass is 9.87. The minimum Gasteiger partial charge on any atom is -0.208 e. The fraction of sp³-hybridized carbons (Fsp3) is 0. The van der Waals surface area contributed by atoms with Crippen molar-refractivity contribution >= 4 is 79.4 Å². The van der Waals surface area contributed by atoms with E-state index in [4.69, 9.17) is 15.0 Å². The largest absolute Gasteiger partial charge is 0.208 e. The highest BCUT2D eigenvalue weighted by molar-refractivity contribution is 7.26. The smallest absolute Gasteiger partial charge is 0.165 e. The van der Waals surface area contributed by atoms with Crippen LogP contribution in [0.5, 0.6) is 0 Å². The van der Waals surface area contributed by atoms with Gasteiger partial charge in [-0.05, 0) is 81.6 Å². The zero-order chi connectivity index (χ0) is 35.6. The molecule has 3 aromatic heterocycles. The Hall–Kier alpha value is -6.71. The summed E-state index contributed by atoms with van der Waals surface area (Å²) in [5, 5.41) is 7.10. The molecular weight excluding hydrogens is 695 g/mol. The molecule has 0 amide bonds. The van der Waals surface area contributed by atoms with Gasteiger partial charge in [-0.25, -0.2) is 15.0 Å². The monoisotopic (exact) mass is 721 g/mol. The molecule has 0 bridgehead atoms. The minimum absolute atomic E-state index is 0.630. The average Bonchev–Trinajstić information content (AvgIpc) is 3.82. The molecule has 0 radical (unpaired) electrons. The molecule has 0 atom stereocenters. The third-order valence-electron chi connectivity index (χ3n) is 10.2. The first-order valence-electron chi connectivity index (χ1n) is 17.9. The van der Waals surface area contributed by atoms with Crippen LogP contribution in [0.4, 0.5) is 0 Å². The summed E-state index contributed by atoms with van der Waals surface area (Å²) in [5.74, 6) is 1.94. The molecule has 5 heteroatoms. The molecule has 1 aliphatic carbocycles. The molecule has 1 aliphatic rings. The summed E-state index contributed by atoms with van der Waals surface area (Å²) in [6.07, 6.45) is 6.02. The Morgan fingerprint density at radius 2 is 0.944 bits per heavy atom. The molecule has 7 aromatic carbocycles. The number of aromatic nitrogens is 3. The lowest BCUT2D eigenvalue weighted by Gasteiger charge is -2.18. The van der Waals surface area contributed by atoms with E-state index >= 15 is 0 Å². The number of rotatable bonds is 5. The first-order valence-corrected chi connectivity index (χ1v) is 19.5. The third-order valence-corrected chi connectivity index (χ3v) is 12.7. The minimum atomic E-state index is 0.630. The molecule has 0 unspecified atom stereocenters. The van der Waals surface area contributed by atoms with Crippen molar-refractivity contribution in [2.45, 2.75) is 0 Å². The average molecular weight is 722 g/mol. The van der Waals surface area contributed by atoms with Gasteiger partial charge in [0.15, 0.2) is 17.5 Å². The van der Waals surface area contributed by atoms with Gasteiger partial charge in [-0.15, -0.1) is 22.7 Å². The van der Waals surface area contributed by atoms with E-state index in [1.165, 1.54) is 40.3 Å². The zero-order valence-electron chi connectivity index (χ0n) is 28.7. The maximum Gasteiger partial charge on any atom is 0.165 e. The Balaban J connectivity index is 1.26. The lowest BCUT2D eigenvalue weighted by molar-refractivity contribution is 1.08. The fourth-order valence-electron chi connectivity index (χ4n) is 7.79. The molecule has 0 saturated heterocycles. The standard InChI is InChI=1S/C49H27N3S2/c1-3-15-30(16-4-1)40-29-41(31-17-5-2-6-18-31)44(35-22-8-7-19-32(35)40)49-51-47(38-25-13-23-36-33-20-9-11-27-42(33)53-45(36)38)50-48(52-49)39-26-14-24-37-34-21-10-12-28-43(34)54-46(37)39/h1,3-5,7-29H. The molecule has 250 valence electrons. The highest BCUT2D eigenvalue weighted by Gasteiger charge is 2.23. The van der Waals surface area contributed by atoms with E-state index in [1.54, 1.807) is 22.7 Å². The van der Waals surface area contributed by atoms with Gasteiger partial charge in [-0.2, -0.15) is 0 Å².